The normalized spacial score (nSPS) is 12.3. The van der Waals surface area contributed by atoms with Gasteiger partial charge in [0.15, 0.2) is 0 Å². The molecule has 5 aromatic rings. The van der Waals surface area contributed by atoms with Gasteiger partial charge < -0.3 is 4.74 Å². The number of fused-ring (bicyclic) bond motifs is 1. The molecule has 0 N–H and O–H groups in total. The van der Waals surface area contributed by atoms with Crippen molar-refractivity contribution in [3.8, 4) is 27.4 Å². The molecule has 1 heterocycles. The average Bonchev–Trinajstić information content (AvgIpc) is 3.24. The molecule has 0 aliphatic rings. The van der Waals surface area contributed by atoms with Crippen LogP contribution < -0.4 is 4.74 Å². The molecule has 0 unspecified atom stereocenters. The van der Waals surface area contributed by atoms with E-state index in [4.69, 9.17) is 0 Å². The van der Waals surface area contributed by atoms with Gasteiger partial charge in [0, 0.05) is 23.3 Å². The van der Waals surface area contributed by atoms with Crippen LogP contribution in [-0.2, 0) is 12.3 Å². The Morgan fingerprint density at radius 2 is 1.24 bits per heavy atom. The van der Waals surface area contributed by atoms with E-state index in [0.29, 0.717) is 28.2 Å². The highest BCUT2D eigenvalue weighted by atomic mass is 32.1. The van der Waals surface area contributed by atoms with Gasteiger partial charge in [-0.1, -0.05) is 18.2 Å². The van der Waals surface area contributed by atoms with Crippen molar-refractivity contribution in [1.29, 1.82) is 0 Å². The molecule has 41 heavy (non-hydrogen) atoms. The van der Waals surface area contributed by atoms with Gasteiger partial charge in [0.25, 0.3) is 0 Å². The Bertz CT molecular complexity index is 1770. The third-order valence-corrected chi connectivity index (χ3v) is 7.02. The zero-order valence-electron chi connectivity index (χ0n) is 20.3. The van der Waals surface area contributed by atoms with Crippen LogP contribution in [0, 0.1) is 36.0 Å². The molecule has 5 rings (SSSR count). The molecule has 212 valence electrons. The summed E-state index contributed by atoms with van der Waals surface area (Å²) in [5.41, 5.74) is -3.13. The highest BCUT2D eigenvalue weighted by Gasteiger charge is 2.43. The van der Waals surface area contributed by atoms with Gasteiger partial charge in [0.05, 0.1) is 10.2 Å². The number of nitrogens with zero attached hydrogens (tertiary/aromatic N) is 1. The number of alkyl halides is 5. The number of aryl methyl sites for hydroxylation is 1. The van der Waals surface area contributed by atoms with E-state index >= 15 is 4.39 Å². The van der Waals surface area contributed by atoms with Crippen molar-refractivity contribution in [2.24, 2.45) is 0 Å². The number of benzene rings is 4. The zero-order chi connectivity index (χ0) is 29.9. The van der Waals surface area contributed by atoms with Crippen LogP contribution in [0.25, 0.3) is 31.9 Å². The van der Waals surface area contributed by atoms with Crippen LogP contribution in [0.2, 0.25) is 0 Å². The Hall–Kier alpha value is -4.13. The van der Waals surface area contributed by atoms with Gasteiger partial charge in [0.2, 0.25) is 0 Å². The monoisotopic (exact) mass is 601 g/mol. The summed E-state index contributed by atoms with van der Waals surface area (Å²) in [6.07, 6.45) is -10.4. The molecule has 0 fully saturated rings. The Labute approximate surface area is 228 Å². The van der Waals surface area contributed by atoms with E-state index in [1.54, 1.807) is 6.07 Å². The second-order valence-corrected chi connectivity index (χ2v) is 9.91. The van der Waals surface area contributed by atoms with E-state index < -0.39 is 63.8 Å². The quantitative estimate of drug-likeness (QED) is 0.187. The van der Waals surface area contributed by atoms with Gasteiger partial charge in [-0.05, 0) is 48.4 Å². The predicted octanol–water partition coefficient (Wildman–Crippen LogP) is 9.78. The average molecular weight is 601 g/mol. The maximum Gasteiger partial charge on any atom is 0.432 e. The molecule has 0 saturated heterocycles. The summed E-state index contributed by atoms with van der Waals surface area (Å²) in [5, 5.41) is 0.469. The minimum absolute atomic E-state index is 0.201. The largest absolute Gasteiger partial charge is 0.432 e. The lowest BCUT2D eigenvalue weighted by Gasteiger charge is -2.21. The lowest BCUT2D eigenvalue weighted by atomic mass is 10.0. The minimum Gasteiger partial charge on any atom is -0.429 e. The molecule has 0 aliphatic carbocycles. The van der Waals surface area contributed by atoms with Gasteiger partial charge in [-0.2, -0.15) is 22.0 Å². The maximum atomic E-state index is 15.0. The fraction of sp³-hybridized carbons (Fsp3) is 0.107. The van der Waals surface area contributed by atoms with E-state index in [1.807, 2.05) is 19.1 Å². The summed E-state index contributed by atoms with van der Waals surface area (Å²) < 4.78 is 144. The van der Waals surface area contributed by atoms with Gasteiger partial charge in [-0.15, -0.1) is 11.3 Å². The molecule has 0 atom stereocenters. The van der Waals surface area contributed by atoms with Crippen molar-refractivity contribution < 1.29 is 48.6 Å². The van der Waals surface area contributed by atoms with Crippen LogP contribution in [0.4, 0.5) is 43.9 Å². The van der Waals surface area contributed by atoms with Crippen molar-refractivity contribution in [1.82, 2.24) is 4.98 Å². The summed E-state index contributed by atoms with van der Waals surface area (Å²) in [7, 11) is 0. The first-order valence-corrected chi connectivity index (χ1v) is 12.3. The topological polar surface area (TPSA) is 22.1 Å². The second kappa shape index (κ2) is 10.1. The predicted molar refractivity (Wildman–Crippen MR) is 131 cm³/mol. The molecule has 0 amide bonds. The number of halogens is 10. The van der Waals surface area contributed by atoms with Crippen molar-refractivity contribution in [2.45, 2.75) is 19.2 Å². The summed E-state index contributed by atoms with van der Waals surface area (Å²) in [5.74, 6) is -10.8. The van der Waals surface area contributed by atoms with Crippen molar-refractivity contribution in [2.75, 3.05) is 0 Å². The van der Waals surface area contributed by atoms with Gasteiger partial charge in [0.1, 0.15) is 51.0 Å². The van der Waals surface area contributed by atoms with Crippen LogP contribution in [-0.4, -0.2) is 4.98 Å². The highest BCUT2D eigenvalue weighted by molar-refractivity contribution is 7.21. The minimum atomic E-state index is -5.48. The van der Waals surface area contributed by atoms with Crippen LogP contribution in [0.5, 0.6) is 5.75 Å². The molecule has 0 bridgehead atoms. The van der Waals surface area contributed by atoms with Crippen LogP contribution in [0.15, 0.2) is 60.7 Å². The van der Waals surface area contributed by atoms with Gasteiger partial charge in [-0.3, -0.25) is 0 Å². The number of hydrogen-bond acceptors (Lipinski definition) is 3. The summed E-state index contributed by atoms with van der Waals surface area (Å²) >= 11 is 1.29. The number of rotatable bonds is 5. The fourth-order valence-electron chi connectivity index (χ4n) is 4.12. The van der Waals surface area contributed by atoms with E-state index in [0.717, 1.165) is 16.3 Å². The summed E-state index contributed by atoms with van der Waals surface area (Å²) in [4.78, 5) is 4.43. The molecule has 1 aromatic heterocycles. The van der Waals surface area contributed by atoms with E-state index in [1.165, 1.54) is 23.5 Å². The molecule has 0 spiro atoms. The summed E-state index contributed by atoms with van der Waals surface area (Å²) in [6.45, 7) is 1.90. The lowest BCUT2D eigenvalue weighted by Crippen LogP contribution is -2.25. The molecular weight excluding hydrogens is 588 g/mol. The van der Waals surface area contributed by atoms with Crippen molar-refractivity contribution in [3.63, 3.8) is 0 Å². The lowest BCUT2D eigenvalue weighted by molar-refractivity contribution is -0.189. The van der Waals surface area contributed by atoms with Gasteiger partial charge >= 0.3 is 12.3 Å². The first-order chi connectivity index (χ1) is 19.1. The third kappa shape index (κ3) is 5.45. The van der Waals surface area contributed by atoms with Crippen LogP contribution in [0.1, 0.15) is 16.7 Å². The third-order valence-electron chi connectivity index (χ3n) is 5.95. The maximum absolute atomic E-state index is 15.0. The van der Waals surface area contributed by atoms with E-state index in [-0.39, 0.29) is 17.7 Å². The first kappa shape index (κ1) is 28.4. The SMILES string of the molecule is Cc1ccc2nc(-c3ccc(-c4cc(F)c(C(F)(F)Oc5cc(F)c(C(F)(F)F)c(F)c5)c(F)c4)c(F)c3)sc2c1. The number of hydrogen-bond donors (Lipinski definition) is 0. The smallest absolute Gasteiger partial charge is 0.429 e. The molecule has 0 aliphatic heterocycles. The van der Waals surface area contributed by atoms with Gasteiger partial charge in [-0.25, -0.2) is 26.9 Å². The summed E-state index contributed by atoms with van der Waals surface area (Å²) in [6, 6.07) is 9.61. The van der Waals surface area contributed by atoms with Crippen molar-refractivity contribution >= 4 is 21.6 Å². The van der Waals surface area contributed by atoms with Crippen LogP contribution >= 0.6 is 11.3 Å². The molecular formula is C28H13F10NOS. The van der Waals surface area contributed by atoms with Crippen molar-refractivity contribution in [3.05, 3.63) is 106 Å². The highest BCUT2D eigenvalue weighted by Crippen LogP contribution is 2.41. The Balaban J connectivity index is 1.45. The Morgan fingerprint density at radius 1 is 0.659 bits per heavy atom. The molecule has 2 nitrogen and oxygen atoms in total. The second-order valence-electron chi connectivity index (χ2n) is 8.88. The number of ether oxygens (including phenoxy) is 1. The standard InChI is InChI=1S/C28H13F10NOS/c1-12-2-5-22-23(6-12)41-26(39-22)13-3-4-16(17(29)7-13)14-8-18(30)25(19(31)9-14)28(37,38)40-15-10-20(32)24(21(33)11-15)27(34,35)36/h2-11H,1H3. The molecule has 0 radical (unpaired) electrons. The Kier molecular flexibility index (Phi) is 6.96. The molecule has 4 aromatic carbocycles. The zero-order valence-corrected chi connectivity index (χ0v) is 21.1. The molecule has 0 saturated carbocycles. The first-order valence-electron chi connectivity index (χ1n) is 11.4. The van der Waals surface area contributed by atoms with Crippen LogP contribution in [0.3, 0.4) is 0 Å². The van der Waals surface area contributed by atoms with E-state index in [2.05, 4.69) is 9.72 Å². The Morgan fingerprint density at radius 3 is 1.83 bits per heavy atom. The number of aromatic nitrogens is 1. The van der Waals surface area contributed by atoms with E-state index in [9.17, 15) is 39.5 Å². The fourth-order valence-corrected chi connectivity index (χ4v) is 5.18. The number of thiazole rings is 1. The molecule has 13 heteroatoms.